The van der Waals surface area contributed by atoms with Gasteiger partial charge in [-0.2, -0.15) is 0 Å². The molecule has 1 amide bonds. The first-order valence-electron chi connectivity index (χ1n) is 6.31. The SMILES string of the molecule is CC/C=C(\C)C(=O)NS(=O)(=O)c1cc(OC)ccc1OC. The van der Waals surface area contributed by atoms with Gasteiger partial charge in [0.2, 0.25) is 0 Å². The third-order valence-electron chi connectivity index (χ3n) is 2.76. The molecule has 1 aromatic rings. The van der Waals surface area contributed by atoms with E-state index in [2.05, 4.69) is 0 Å². The molecule has 21 heavy (non-hydrogen) atoms. The van der Waals surface area contributed by atoms with Gasteiger partial charge >= 0.3 is 0 Å². The van der Waals surface area contributed by atoms with Gasteiger partial charge in [-0.1, -0.05) is 13.0 Å². The number of methoxy groups -OCH3 is 2. The van der Waals surface area contributed by atoms with Crippen molar-refractivity contribution >= 4 is 15.9 Å². The van der Waals surface area contributed by atoms with Crippen molar-refractivity contribution in [1.29, 1.82) is 0 Å². The minimum absolute atomic E-state index is 0.133. The van der Waals surface area contributed by atoms with Gasteiger partial charge in [-0.3, -0.25) is 4.79 Å². The molecule has 0 fully saturated rings. The Bertz CT molecular complexity index is 649. The molecule has 0 unspecified atom stereocenters. The summed E-state index contributed by atoms with van der Waals surface area (Å²) in [6, 6.07) is 4.34. The molecule has 0 saturated heterocycles. The standard InChI is InChI=1S/C14H19NO5S/c1-5-6-10(2)14(16)15-21(17,18)13-9-11(19-3)7-8-12(13)20-4/h6-9H,5H2,1-4H3,(H,15,16)/b10-6+. The second-order valence-corrected chi connectivity index (χ2v) is 5.90. The minimum atomic E-state index is -4.04. The molecule has 0 saturated carbocycles. The lowest BCUT2D eigenvalue weighted by atomic mass is 10.2. The highest BCUT2D eigenvalue weighted by atomic mass is 32.2. The van der Waals surface area contributed by atoms with E-state index in [1.54, 1.807) is 19.1 Å². The van der Waals surface area contributed by atoms with Crippen LogP contribution in [0.4, 0.5) is 0 Å². The molecule has 0 aliphatic carbocycles. The summed E-state index contributed by atoms with van der Waals surface area (Å²) in [4.78, 5) is 11.7. The molecule has 0 atom stereocenters. The number of carbonyl (C=O) groups excluding carboxylic acids is 1. The molecule has 0 aliphatic rings. The molecule has 0 heterocycles. The first-order chi connectivity index (χ1) is 9.85. The average Bonchev–Trinajstić information content (AvgIpc) is 2.46. The van der Waals surface area contributed by atoms with Gasteiger partial charge in [-0.25, -0.2) is 13.1 Å². The molecular weight excluding hydrogens is 294 g/mol. The third-order valence-corrected chi connectivity index (χ3v) is 4.11. The van der Waals surface area contributed by atoms with Gasteiger partial charge in [0.15, 0.2) is 0 Å². The van der Waals surface area contributed by atoms with Gasteiger partial charge in [-0.15, -0.1) is 0 Å². The smallest absolute Gasteiger partial charge is 0.268 e. The number of sulfonamides is 1. The van der Waals surface area contributed by atoms with E-state index in [1.165, 1.54) is 26.4 Å². The van der Waals surface area contributed by atoms with Crippen LogP contribution >= 0.6 is 0 Å². The zero-order chi connectivity index (χ0) is 16.0. The Kier molecular flexibility index (Phi) is 5.78. The molecule has 1 N–H and O–H groups in total. The van der Waals surface area contributed by atoms with E-state index in [-0.39, 0.29) is 10.6 Å². The summed E-state index contributed by atoms with van der Waals surface area (Å²) < 4.78 is 36.6. The summed E-state index contributed by atoms with van der Waals surface area (Å²) in [6.45, 7) is 3.41. The van der Waals surface area contributed by atoms with Crippen molar-refractivity contribution in [2.75, 3.05) is 14.2 Å². The Balaban J connectivity index is 3.19. The lowest BCUT2D eigenvalue weighted by Crippen LogP contribution is -2.31. The molecule has 6 nitrogen and oxygen atoms in total. The highest BCUT2D eigenvalue weighted by molar-refractivity contribution is 7.90. The number of hydrogen-bond donors (Lipinski definition) is 1. The van der Waals surface area contributed by atoms with E-state index in [0.717, 1.165) is 0 Å². The Morgan fingerprint density at radius 2 is 1.95 bits per heavy atom. The first-order valence-corrected chi connectivity index (χ1v) is 7.80. The molecule has 0 spiro atoms. The number of benzene rings is 1. The number of ether oxygens (including phenoxy) is 2. The van der Waals surface area contributed by atoms with Gasteiger partial charge in [0.25, 0.3) is 15.9 Å². The third kappa shape index (κ3) is 4.22. The first kappa shape index (κ1) is 17.0. The number of allylic oxidation sites excluding steroid dienone is 1. The largest absolute Gasteiger partial charge is 0.497 e. The number of hydrogen-bond acceptors (Lipinski definition) is 5. The fourth-order valence-corrected chi connectivity index (χ4v) is 2.85. The zero-order valence-electron chi connectivity index (χ0n) is 12.5. The van der Waals surface area contributed by atoms with Crippen LogP contribution in [0.15, 0.2) is 34.7 Å². The van der Waals surface area contributed by atoms with Gasteiger partial charge < -0.3 is 9.47 Å². The monoisotopic (exact) mass is 313 g/mol. The van der Waals surface area contributed by atoms with Gasteiger partial charge in [0, 0.05) is 11.6 Å². The Labute approximate surface area is 124 Å². The summed E-state index contributed by atoms with van der Waals surface area (Å²) in [5.41, 5.74) is 0.336. The molecular formula is C14H19NO5S. The molecule has 0 radical (unpaired) electrons. The Morgan fingerprint density at radius 3 is 2.48 bits per heavy atom. The Morgan fingerprint density at radius 1 is 1.29 bits per heavy atom. The van der Waals surface area contributed by atoms with Gasteiger partial charge in [0.05, 0.1) is 14.2 Å². The molecule has 1 rings (SSSR count). The van der Waals surface area contributed by atoms with Crippen LogP contribution in [0.1, 0.15) is 20.3 Å². The molecule has 0 bridgehead atoms. The second kappa shape index (κ2) is 7.12. The lowest BCUT2D eigenvalue weighted by Gasteiger charge is -2.12. The summed E-state index contributed by atoms with van der Waals surface area (Å²) in [5, 5.41) is 0. The second-order valence-electron chi connectivity index (χ2n) is 4.25. The quantitative estimate of drug-likeness (QED) is 0.811. The maximum atomic E-state index is 12.3. The van der Waals surface area contributed by atoms with Crippen LogP contribution in [0, 0.1) is 0 Å². The zero-order valence-corrected chi connectivity index (χ0v) is 13.3. The van der Waals surface area contributed by atoms with Crippen molar-refractivity contribution in [2.45, 2.75) is 25.2 Å². The van der Waals surface area contributed by atoms with Crippen molar-refractivity contribution in [1.82, 2.24) is 4.72 Å². The Hall–Kier alpha value is -2.02. The van der Waals surface area contributed by atoms with Crippen LogP contribution in [0.5, 0.6) is 11.5 Å². The number of nitrogens with one attached hydrogen (secondary N) is 1. The predicted molar refractivity (Wildman–Crippen MR) is 78.9 cm³/mol. The van der Waals surface area contributed by atoms with Crippen molar-refractivity contribution < 1.29 is 22.7 Å². The van der Waals surface area contributed by atoms with Crippen molar-refractivity contribution in [2.24, 2.45) is 0 Å². The molecule has 0 aromatic heterocycles. The van der Waals surface area contributed by atoms with Crippen LogP contribution in [0.25, 0.3) is 0 Å². The van der Waals surface area contributed by atoms with Crippen molar-refractivity contribution in [3.8, 4) is 11.5 Å². The van der Waals surface area contributed by atoms with Crippen LogP contribution < -0.4 is 14.2 Å². The van der Waals surface area contributed by atoms with Crippen LogP contribution in [-0.2, 0) is 14.8 Å². The van der Waals surface area contributed by atoms with E-state index in [4.69, 9.17) is 9.47 Å². The van der Waals surface area contributed by atoms with E-state index in [0.29, 0.717) is 17.7 Å². The predicted octanol–water partition coefficient (Wildman–Crippen LogP) is 1.86. The van der Waals surface area contributed by atoms with E-state index < -0.39 is 15.9 Å². The van der Waals surface area contributed by atoms with E-state index in [9.17, 15) is 13.2 Å². The van der Waals surface area contributed by atoms with E-state index in [1.807, 2.05) is 11.6 Å². The summed E-state index contributed by atoms with van der Waals surface area (Å²) in [5.74, 6) is -0.181. The topological polar surface area (TPSA) is 81.7 Å². The molecule has 7 heteroatoms. The minimum Gasteiger partial charge on any atom is -0.497 e. The summed E-state index contributed by atoms with van der Waals surface area (Å²) >= 11 is 0. The fourth-order valence-electron chi connectivity index (χ4n) is 1.65. The highest BCUT2D eigenvalue weighted by Crippen LogP contribution is 2.28. The highest BCUT2D eigenvalue weighted by Gasteiger charge is 2.23. The normalized spacial score (nSPS) is 11.9. The van der Waals surface area contributed by atoms with Gasteiger partial charge in [0.1, 0.15) is 16.4 Å². The van der Waals surface area contributed by atoms with Crippen molar-refractivity contribution in [3.63, 3.8) is 0 Å². The summed E-state index contributed by atoms with van der Waals surface area (Å²) in [6.07, 6.45) is 2.29. The van der Waals surface area contributed by atoms with Crippen LogP contribution in [0.3, 0.4) is 0 Å². The molecule has 116 valence electrons. The maximum Gasteiger partial charge on any atom is 0.268 e. The van der Waals surface area contributed by atoms with Crippen LogP contribution in [0.2, 0.25) is 0 Å². The number of amides is 1. The summed E-state index contributed by atoms with van der Waals surface area (Å²) in [7, 11) is -1.27. The van der Waals surface area contributed by atoms with Crippen molar-refractivity contribution in [3.05, 3.63) is 29.8 Å². The maximum absolute atomic E-state index is 12.3. The lowest BCUT2D eigenvalue weighted by molar-refractivity contribution is -0.115. The van der Waals surface area contributed by atoms with E-state index >= 15 is 0 Å². The molecule has 0 aliphatic heterocycles. The fraction of sp³-hybridized carbons (Fsp3) is 0.357. The number of rotatable bonds is 6. The number of carbonyl (C=O) groups is 1. The average molecular weight is 313 g/mol. The van der Waals surface area contributed by atoms with Crippen LogP contribution in [-0.4, -0.2) is 28.5 Å². The van der Waals surface area contributed by atoms with Gasteiger partial charge in [-0.05, 0) is 25.5 Å². The molecule has 1 aromatic carbocycles.